The van der Waals surface area contributed by atoms with Crippen LogP contribution in [0.15, 0.2) is 53.4 Å². The smallest absolute Gasteiger partial charge is 0.271 e. The SMILES string of the molecule is O=C(c1cc(-c2ccc3c(c2)OCO3)n[nH]1)N1CC(S(=O)(=O)c2ccc(Cl)cc2)C1. The Bertz CT molecular complexity index is 1230. The van der Waals surface area contributed by atoms with Crippen molar-refractivity contribution < 1.29 is 22.7 Å². The van der Waals surface area contributed by atoms with Crippen LogP contribution < -0.4 is 9.47 Å². The molecule has 2 aliphatic heterocycles. The molecule has 1 aromatic heterocycles. The van der Waals surface area contributed by atoms with Crippen molar-refractivity contribution in [2.24, 2.45) is 0 Å². The number of carbonyl (C=O) groups is 1. The number of sulfone groups is 1. The molecule has 1 fully saturated rings. The molecule has 0 bridgehead atoms. The van der Waals surface area contributed by atoms with Gasteiger partial charge < -0.3 is 14.4 Å². The van der Waals surface area contributed by atoms with E-state index in [2.05, 4.69) is 10.2 Å². The monoisotopic (exact) mass is 445 g/mol. The molecular weight excluding hydrogens is 430 g/mol. The number of likely N-dealkylation sites (tertiary alicyclic amines) is 1. The molecule has 10 heteroatoms. The molecule has 0 saturated carbocycles. The molecule has 0 spiro atoms. The normalized spacial score (nSPS) is 15.8. The quantitative estimate of drug-likeness (QED) is 0.662. The summed E-state index contributed by atoms with van der Waals surface area (Å²) in [7, 11) is -3.52. The molecule has 1 saturated heterocycles. The van der Waals surface area contributed by atoms with Gasteiger partial charge in [0.25, 0.3) is 5.91 Å². The van der Waals surface area contributed by atoms with Gasteiger partial charge in [0.1, 0.15) is 10.9 Å². The number of ether oxygens (including phenoxy) is 2. The number of halogens is 1. The predicted octanol–water partition coefficient (Wildman–Crippen LogP) is 2.76. The molecule has 2 aromatic carbocycles. The Balaban J connectivity index is 1.28. The van der Waals surface area contributed by atoms with Gasteiger partial charge in [-0.05, 0) is 48.5 Å². The topological polar surface area (TPSA) is 102 Å². The standard InChI is InChI=1S/C20H16ClN3O5S/c21-13-2-4-14(5-3-13)30(26,27)15-9-24(10-15)20(25)17-8-16(22-23-17)12-1-6-18-19(7-12)29-11-28-18/h1-8,15H,9-11H2,(H,22,23). The molecular formula is C20H16ClN3O5S. The molecule has 154 valence electrons. The number of fused-ring (bicyclic) bond motifs is 1. The number of H-pyrrole nitrogens is 1. The molecule has 8 nitrogen and oxygen atoms in total. The third kappa shape index (κ3) is 3.20. The van der Waals surface area contributed by atoms with E-state index in [1.54, 1.807) is 18.2 Å². The lowest BCUT2D eigenvalue weighted by molar-refractivity contribution is 0.0652. The van der Waals surface area contributed by atoms with Gasteiger partial charge in [0.05, 0.1) is 10.6 Å². The third-order valence-electron chi connectivity index (χ3n) is 5.19. The van der Waals surface area contributed by atoms with E-state index in [0.29, 0.717) is 27.9 Å². The van der Waals surface area contributed by atoms with Gasteiger partial charge in [-0.25, -0.2) is 8.42 Å². The largest absolute Gasteiger partial charge is 0.454 e. The second-order valence-electron chi connectivity index (χ2n) is 7.07. The summed E-state index contributed by atoms with van der Waals surface area (Å²) in [5.74, 6) is 0.998. The highest BCUT2D eigenvalue weighted by molar-refractivity contribution is 7.92. The third-order valence-corrected chi connectivity index (χ3v) is 7.55. The first kappa shape index (κ1) is 19.0. The number of nitrogens with one attached hydrogen (secondary N) is 1. The van der Waals surface area contributed by atoms with Crippen LogP contribution in [0.1, 0.15) is 10.5 Å². The summed E-state index contributed by atoms with van der Waals surface area (Å²) in [5, 5.41) is 6.76. The number of hydrogen-bond acceptors (Lipinski definition) is 6. The molecule has 0 unspecified atom stereocenters. The van der Waals surface area contributed by atoms with E-state index in [1.165, 1.54) is 29.2 Å². The van der Waals surface area contributed by atoms with Crippen molar-refractivity contribution in [3.8, 4) is 22.8 Å². The average molecular weight is 446 g/mol. The maximum absolute atomic E-state index is 12.7. The van der Waals surface area contributed by atoms with Gasteiger partial charge in [0.2, 0.25) is 6.79 Å². The van der Waals surface area contributed by atoms with Crippen LogP contribution in [0.5, 0.6) is 11.5 Å². The molecule has 0 aliphatic carbocycles. The van der Waals surface area contributed by atoms with E-state index in [1.807, 2.05) is 6.07 Å². The molecule has 30 heavy (non-hydrogen) atoms. The van der Waals surface area contributed by atoms with Gasteiger partial charge in [-0.15, -0.1) is 0 Å². The lowest BCUT2D eigenvalue weighted by Crippen LogP contribution is -2.56. The fraction of sp³-hybridized carbons (Fsp3) is 0.200. The summed E-state index contributed by atoms with van der Waals surface area (Å²) in [6.07, 6.45) is 0. The average Bonchev–Trinajstić information content (AvgIpc) is 3.36. The summed E-state index contributed by atoms with van der Waals surface area (Å²) in [4.78, 5) is 14.4. The zero-order valence-corrected chi connectivity index (χ0v) is 17.1. The van der Waals surface area contributed by atoms with Gasteiger partial charge >= 0.3 is 0 Å². The molecule has 3 aromatic rings. The second-order valence-corrected chi connectivity index (χ2v) is 9.73. The Labute approximate surface area is 177 Å². The Morgan fingerprint density at radius 2 is 1.80 bits per heavy atom. The van der Waals surface area contributed by atoms with Crippen LogP contribution in [0.4, 0.5) is 0 Å². The Kier molecular flexibility index (Phi) is 4.44. The van der Waals surface area contributed by atoms with Crippen molar-refractivity contribution in [1.29, 1.82) is 0 Å². The van der Waals surface area contributed by atoms with Crippen molar-refractivity contribution in [1.82, 2.24) is 15.1 Å². The Morgan fingerprint density at radius 1 is 1.07 bits per heavy atom. The summed E-state index contributed by atoms with van der Waals surface area (Å²) >= 11 is 5.83. The number of benzene rings is 2. The fourth-order valence-electron chi connectivity index (χ4n) is 3.42. The van der Waals surface area contributed by atoms with E-state index in [9.17, 15) is 13.2 Å². The van der Waals surface area contributed by atoms with Crippen LogP contribution in [0.3, 0.4) is 0 Å². The van der Waals surface area contributed by atoms with Gasteiger partial charge in [-0.3, -0.25) is 9.89 Å². The zero-order chi connectivity index (χ0) is 20.9. The number of amides is 1. The minimum atomic E-state index is -3.52. The summed E-state index contributed by atoms with van der Waals surface area (Å²) in [5.41, 5.74) is 1.66. The van der Waals surface area contributed by atoms with Crippen molar-refractivity contribution in [2.75, 3.05) is 19.9 Å². The fourth-order valence-corrected chi connectivity index (χ4v) is 5.20. The van der Waals surface area contributed by atoms with E-state index in [-0.39, 0.29) is 30.7 Å². The molecule has 1 amide bonds. The lowest BCUT2D eigenvalue weighted by atomic mass is 10.1. The summed E-state index contributed by atoms with van der Waals surface area (Å²) < 4.78 is 36.0. The van der Waals surface area contributed by atoms with Crippen LogP contribution in [0, 0.1) is 0 Å². The molecule has 1 N–H and O–H groups in total. The zero-order valence-electron chi connectivity index (χ0n) is 15.5. The van der Waals surface area contributed by atoms with Gasteiger partial charge in [-0.1, -0.05) is 11.6 Å². The van der Waals surface area contributed by atoms with Crippen LogP contribution in [0.2, 0.25) is 5.02 Å². The Hall–Kier alpha value is -3.04. The number of rotatable bonds is 4. The molecule has 0 atom stereocenters. The number of aromatic amines is 1. The maximum atomic E-state index is 12.7. The number of carbonyl (C=O) groups excluding carboxylic acids is 1. The number of nitrogens with zero attached hydrogens (tertiary/aromatic N) is 2. The van der Waals surface area contributed by atoms with Crippen molar-refractivity contribution >= 4 is 27.3 Å². The first-order valence-electron chi connectivity index (χ1n) is 9.16. The first-order chi connectivity index (χ1) is 14.4. The van der Waals surface area contributed by atoms with Crippen molar-refractivity contribution in [3.05, 3.63) is 59.2 Å². The van der Waals surface area contributed by atoms with Gasteiger partial charge in [0.15, 0.2) is 21.3 Å². The summed E-state index contributed by atoms with van der Waals surface area (Å²) in [6, 6.07) is 13.1. The Morgan fingerprint density at radius 3 is 2.57 bits per heavy atom. The highest BCUT2D eigenvalue weighted by atomic mass is 35.5. The molecule has 2 aliphatic rings. The maximum Gasteiger partial charge on any atom is 0.271 e. The lowest BCUT2D eigenvalue weighted by Gasteiger charge is -2.38. The van der Waals surface area contributed by atoms with Crippen molar-refractivity contribution in [3.63, 3.8) is 0 Å². The van der Waals surface area contributed by atoms with E-state index in [0.717, 1.165) is 5.56 Å². The molecule has 3 heterocycles. The number of hydrogen-bond donors (Lipinski definition) is 1. The van der Waals surface area contributed by atoms with Crippen LogP contribution in [0.25, 0.3) is 11.3 Å². The van der Waals surface area contributed by atoms with Gasteiger partial charge in [-0.2, -0.15) is 5.10 Å². The van der Waals surface area contributed by atoms with Crippen molar-refractivity contribution in [2.45, 2.75) is 10.1 Å². The van der Waals surface area contributed by atoms with Crippen LogP contribution >= 0.6 is 11.6 Å². The summed E-state index contributed by atoms with van der Waals surface area (Å²) in [6.45, 7) is 0.433. The predicted molar refractivity (Wildman–Crippen MR) is 108 cm³/mol. The second kappa shape index (κ2) is 7.03. The highest BCUT2D eigenvalue weighted by Gasteiger charge is 2.41. The van der Waals surface area contributed by atoms with E-state index < -0.39 is 15.1 Å². The first-order valence-corrected chi connectivity index (χ1v) is 11.1. The van der Waals surface area contributed by atoms with Gasteiger partial charge in [0, 0.05) is 23.7 Å². The minimum absolute atomic E-state index is 0.127. The van der Waals surface area contributed by atoms with Crippen LogP contribution in [-0.4, -0.2) is 54.6 Å². The van der Waals surface area contributed by atoms with Crippen LogP contribution in [-0.2, 0) is 9.84 Å². The molecule has 5 rings (SSSR count). The van der Waals surface area contributed by atoms with E-state index >= 15 is 0 Å². The van der Waals surface area contributed by atoms with E-state index in [4.69, 9.17) is 21.1 Å². The molecule has 0 radical (unpaired) electrons. The highest BCUT2D eigenvalue weighted by Crippen LogP contribution is 2.35. The minimum Gasteiger partial charge on any atom is -0.454 e. The number of aromatic nitrogens is 2.